The summed E-state index contributed by atoms with van der Waals surface area (Å²) in [5, 5.41) is 0. The maximum absolute atomic E-state index is 12.5. The second-order valence-electron chi connectivity index (χ2n) is 5.01. The molecule has 0 bridgehead atoms. The molecule has 0 amide bonds. The largest absolute Gasteiger partial charge is 0.391 e. The van der Waals surface area contributed by atoms with E-state index >= 15 is 0 Å². The highest BCUT2D eigenvalue weighted by Gasteiger charge is 2.42. The van der Waals surface area contributed by atoms with E-state index in [1.807, 2.05) is 0 Å². The predicted octanol–water partition coefficient (Wildman–Crippen LogP) is 2.14. The van der Waals surface area contributed by atoms with Gasteiger partial charge in [-0.1, -0.05) is 6.42 Å². The van der Waals surface area contributed by atoms with Gasteiger partial charge in [0.05, 0.1) is 5.92 Å². The molecule has 1 saturated heterocycles. The van der Waals surface area contributed by atoms with E-state index in [0.29, 0.717) is 19.1 Å². The third-order valence-corrected chi connectivity index (χ3v) is 3.99. The average molecular weight is 236 g/mol. The molecule has 2 rings (SSSR count). The Morgan fingerprint density at radius 1 is 1.00 bits per heavy atom. The quantitative estimate of drug-likeness (QED) is 0.755. The molecule has 2 fully saturated rings. The molecule has 2 unspecified atom stereocenters. The van der Waals surface area contributed by atoms with E-state index in [0.717, 1.165) is 19.3 Å². The summed E-state index contributed by atoms with van der Waals surface area (Å²) >= 11 is 0. The Labute approximate surface area is 94.0 Å². The van der Waals surface area contributed by atoms with Crippen molar-refractivity contribution < 1.29 is 13.2 Å². The molecule has 1 aliphatic carbocycles. The second kappa shape index (κ2) is 4.53. The highest BCUT2D eigenvalue weighted by atomic mass is 19.4. The molecule has 2 N–H and O–H groups in total. The van der Waals surface area contributed by atoms with Crippen LogP contribution in [-0.4, -0.2) is 36.2 Å². The van der Waals surface area contributed by atoms with Crippen molar-refractivity contribution in [2.75, 3.05) is 13.1 Å². The van der Waals surface area contributed by atoms with Crippen molar-refractivity contribution in [2.45, 2.75) is 50.4 Å². The lowest BCUT2D eigenvalue weighted by Crippen LogP contribution is -2.49. The maximum atomic E-state index is 12.5. The Morgan fingerprint density at radius 2 is 1.62 bits per heavy atom. The van der Waals surface area contributed by atoms with Gasteiger partial charge in [0.1, 0.15) is 0 Å². The van der Waals surface area contributed by atoms with Crippen molar-refractivity contribution in [3.8, 4) is 0 Å². The molecule has 0 aromatic rings. The van der Waals surface area contributed by atoms with Gasteiger partial charge in [-0.05, 0) is 38.8 Å². The minimum Gasteiger partial charge on any atom is -0.326 e. The first-order chi connectivity index (χ1) is 7.48. The Morgan fingerprint density at radius 3 is 2.06 bits per heavy atom. The van der Waals surface area contributed by atoms with Crippen LogP contribution in [0, 0.1) is 5.92 Å². The first-order valence-electron chi connectivity index (χ1n) is 6.05. The lowest BCUT2D eigenvalue weighted by Gasteiger charge is -2.38. The molecule has 0 radical (unpaired) electrons. The summed E-state index contributed by atoms with van der Waals surface area (Å²) < 4.78 is 37.4. The van der Waals surface area contributed by atoms with Gasteiger partial charge >= 0.3 is 6.18 Å². The molecular weight excluding hydrogens is 217 g/mol. The molecule has 1 aliphatic heterocycles. The molecule has 5 heteroatoms. The van der Waals surface area contributed by atoms with Crippen LogP contribution < -0.4 is 5.73 Å². The van der Waals surface area contributed by atoms with Gasteiger partial charge in [-0.25, -0.2) is 0 Å². The van der Waals surface area contributed by atoms with Crippen molar-refractivity contribution >= 4 is 0 Å². The standard InChI is InChI=1S/C11H19F3N2/c12-11(13,14)8-4-6-16(7-5-8)10-3-1-2-9(10)15/h8-10H,1-7,15H2. The summed E-state index contributed by atoms with van der Waals surface area (Å²) in [6.07, 6.45) is -0.337. The van der Waals surface area contributed by atoms with Crippen LogP contribution in [-0.2, 0) is 0 Å². The van der Waals surface area contributed by atoms with E-state index in [9.17, 15) is 13.2 Å². The Balaban J connectivity index is 1.85. The number of hydrogen-bond donors (Lipinski definition) is 1. The van der Waals surface area contributed by atoms with Crippen molar-refractivity contribution in [3.05, 3.63) is 0 Å². The number of piperidine rings is 1. The van der Waals surface area contributed by atoms with E-state index < -0.39 is 12.1 Å². The van der Waals surface area contributed by atoms with Gasteiger partial charge in [-0.15, -0.1) is 0 Å². The molecule has 2 atom stereocenters. The van der Waals surface area contributed by atoms with Gasteiger partial charge in [0.2, 0.25) is 0 Å². The van der Waals surface area contributed by atoms with E-state index in [-0.39, 0.29) is 18.9 Å². The fraction of sp³-hybridized carbons (Fsp3) is 1.00. The Hall–Kier alpha value is -0.290. The highest BCUT2D eigenvalue weighted by Crippen LogP contribution is 2.36. The van der Waals surface area contributed by atoms with E-state index in [1.54, 1.807) is 0 Å². The van der Waals surface area contributed by atoms with Gasteiger partial charge in [0.25, 0.3) is 0 Å². The van der Waals surface area contributed by atoms with Crippen LogP contribution in [0.5, 0.6) is 0 Å². The first-order valence-corrected chi connectivity index (χ1v) is 6.05. The minimum absolute atomic E-state index is 0.169. The lowest BCUT2D eigenvalue weighted by atomic mass is 9.94. The summed E-state index contributed by atoms with van der Waals surface area (Å²) in [7, 11) is 0. The van der Waals surface area contributed by atoms with Crippen LogP contribution in [0.4, 0.5) is 13.2 Å². The molecular formula is C11H19F3N2. The average Bonchev–Trinajstić information content (AvgIpc) is 2.63. The van der Waals surface area contributed by atoms with Gasteiger partial charge in [-0.3, -0.25) is 4.90 Å². The third-order valence-electron chi connectivity index (χ3n) is 3.99. The van der Waals surface area contributed by atoms with Crippen LogP contribution in [0.2, 0.25) is 0 Å². The summed E-state index contributed by atoms with van der Waals surface area (Å²) in [6.45, 7) is 1.12. The van der Waals surface area contributed by atoms with Crippen LogP contribution in [0.1, 0.15) is 32.1 Å². The van der Waals surface area contributed by atoms with E-state index in [4.69, 9.17) is 5.73 Å². The highest BCUT2D eigenvalue weighted by molar-refractivity contribution is 4.90. The molecule has 94 valence electrons. The Bertz CT molecular complexity index is 234. The minimum atomic E-state index is -4.01. The number of likely N-dealkylation sites (tertiary alicyclic amines) is 1. The first kappa shape index (κ1) is 12.2. The molecule has 2 aliphatic rings. The summed E-state index contributed by atoms with van der Waals surface area (Å²) in [5.41, 5.74) is 5.97. The molecule has 16 heavy (non-hydrogen) atoms. The monoisotopic (exact) mass is 236 g/mol. The van der Waals surface area contributed by atoms with Crippen LogP contribution in [0.3, 0.4) is 0 Å². The second-order valence-corrected chi connectivity index (χ2v) is 5.01. The summed E-state index contributed by atoms with van der Waals surface area (Å²) in [5.74, 6) is -1.10. The SMILES string of the molecule is NC1CCCC1N1CCC(C(F)(F)F)CC1. The fourth-order valence-corrected chi connectivity index (χ4v) is 2.98. The van der Waals surface area contributed by atoms with Crippen molar-refractivity contribution in [1.82, 2.24) is 4.90 Å². The summed E-state index contributed by atoms with van der Waals surface area (Å²) in [4.78, 5) is 2.17. The molecule has 1 heterocycles. The Kier molecular flexibility index (Phi) is 3.45. The van der Waals surface area contributed by atoms with Gasteiger partial charge < -0.3 is 5.73 Å². The van der Waals surface area contributed by atoms with E-state index in [1.165, 1.54) is 0 Å². The number of halogens is 3. The number of nitrogens with zero attached hydrogens (tertiary/aromatic N) is 1. The summed E-state index contributed by atoms with van der Waals surface area (Å²) in [6, 6.07) is 0.497. The topological polar surface area (TPSA) is 29.3 Å². The number of alkyl halides is 3. The van der Waals surface area contributed by atoms with Crippen molar-refractivity contribution in [2.24, 2.45) is 11.7 Å². The van der Waals surface area contributed by atoms with Gasteiger partial charge in [0.15, 0.2) is 0 Å². The molecule has 0 spiro atoms. The predicted molar refractivity (Wildman–Crippen MR) is 56.0 cm³/mol. The normalized spacial score (nSPS) is 34.5. The van der Waals surface area contributed by atoms with Crippen LogP contribution in [0.15, 0.2) is 0 Å². The van der Waals surface area contributed by atoms with E-state index in [2.05, 4.69) is 4.90 Å². The smallest absolute Gasteiger partial charge is 0.326 e. The van der Waals surface area contributed by atoms with Gasteiger partial charge in [0, 0.05) is 12.1 Å². The zero-order valence-corrected chi connectivity index (χ0v) is 9.34. The lowest BCUT2D eigenvalue weighted by molar-refractivity contribution is -0.186. The number of rotatable bonds is 1. The fourth-order valence-electron chi connectivity index (χ4n) is 2.98. The van der Waals surface area contributed by atoms with Crippen molar-refractivity contribution in [1.29, 1.82) is 0 Å². The zero-order valence-electron chi connectivity index (χ0n) is 9.34. The van der Waals surface area contributed by atoms with Gasteiger partial charge in [-0.2, -0.15) is 13.2 Å². The third kappa shape index (κ3) is 2.51. The van der Waals surface area contributed by atoms with Crippen molar-refractivity contribution in [3.63, 3.8) is 0 Å². The van der Waals surface area contributed by atoms with Crippen LogP contribution >= 0.6 is 0 Å². The number of hydrogen-bond acceptors (Lipinski definition) is 2. The molecule has 0 aromatic carbocycles. The number of nitrogens with two attached hydrogens (primary N) is 1. The maximum Gasteiger partial charge on any atom is 0.391 e. The molecule has 0 aromatic heterocycles. The van der Waals surface area contributed by atoms with Crippen LogP contribution in [0.25, 0.3) is 0 Å². The molecule has 1 saturated carbocycles. The molecule has 2 nitrogen and oxygen atoms in total. The zero-order chi connectivity index (χ0) is 11.8.